The van der Waals surface area contributed by atoms with Crippen molar-refractivity contribution in [1.82, 2.24) is 4.72 Å². The lowest BCUT2D eigenvalue weighted by Gasteiger charge is -2.14. The third-order valence-corrected chi connectivity index (χ3v) is 3.99. The second-order valence-electron chi connectivity index (χ2n) is 3.86. The van der Waals surface area contributed by atoms with E-state index < -0.39 is 22.0 Å². The second kappa shape index (κ2) is 6.58. The Kier molecular flexibility index (Phi) is 5.34. The normalized spacial score (nSPS) is 12.6. The summed E-state index contributed by atoms with van der Waals surface area (Å²) < 4.78 is 41.0. The van der Waals surface area contributed by atoms with Crippen LogP contribution in [-0.4, -0.2) is 41.8 Å². The lowest BCUT2D eigenvalue weighted by atomic mass is 10.3. The smallest absolute Gasteiger partial charge is 0.267 e. The van der Waals surface area contributed by atoms with Gasteiger partial charge in [0.15, 0.2) is 0 Å². The van der Waals surface area contributed by atoms with Crippen LogP contribution >= 0.6 is 0 Å². The van der Waals surface area contributed by atoms with Gasteiger partial charge in [0.05, 0.1) is 14.2 Å². The number of amides is 1. The molecular weight excluding hydrogens is 286 g/mol. The van der Waals surface area contributed by atoms with Gasteiger partial charge in [0.1, 0.15) is 22.5 Å². The predicted molar refractivity (Wildman–Crippen MR) is 71.3 cm³/mol. The molecule has 7 nitrogen and oxygen atoms in total. The number of nitrogens with one attached hydrogen (secondary N) is 1. The van der Waals surface area contributed by atoms with Gasteiger partial charge < -0.3 is 14.2 Å². The minimum Gasteiger partial charge on any atom is -0.497 e. The number of rotatable bonds is 6. The van der Waals surface area contributed by atoms with E-state index in [4.69, 9.17) is 14.2 Å². The molecule has 0 unspecified atom stereocenters. The van der Waals surface area contributed by atoms with Gasteiger partial charge >= 0.3 is 0 Å². The molecule has 1 N–H and O–H groups in total. The van der Waals surface area contributed by atoms with Crippen LogP contribution in [0.5, 0.6) is 11.5 Å². The zero-order chi connectivity index (χ0) is 15.3. The SMILES string of the molecule is COc1ccc(OC)c(S(=O)(=O)NC(=O)[C@H](C)OC)c1. The summed E-state index contributed by atoms with van der Waals surface area (Å²) in [6, 6.07) is 4.26. The lowest BCUT2D eigenvalue weighted by molar-refractivity contribution is -0.128. The standard InChI is InChI=1S/C12H17NO6S/c1-8(17-2)12(14)13-20(15,16)11-7-9(18-3)5-6-10(11)19-4/h5-8H,1-4H3,(H,13,14)/t8-/m0/s1. The molecule has 0 saturated heterocycles. The van der Waals surface area contributed by atoms with E-state index in [1.54, 1.807) is 6.07 Å². The fourth-order valence-electron chi connectivity index (χ4n) is 1.37. The highest BCUT2D eigenvalue weighted by Crippen LogP contribution is 2.27. The molecule has 112 valence electrons. The molecule has 0 spiro atoms. The zero-order valence-electron chi connectivity index (χ0n) is 11.7. The summed E-state index contributed by atoms with van der Waals surface area (Å²) in [6.07, 6.45) is -0.888. The quantitative estimate of drug-likeness (QED) is 0.825. The molecule has 0 heterocycles. The van der Waals surface area contributed by atoms with Crippen LogP contribution in [-0.2, 0) is 19.6 Å². The summed E-state index contributed by atoms with van der Waals surface area (Å²) in [4.78, 5) is 11.4. The van der Waals surface area contributed by atoms with Gasteiger partial charge in [0, 0.05) is 13.2 Å². The summed E-state index contributed by atoms with van der Waals surface area (Å²) in [5.74, 6) is -0.327. The first-order chi connectivity index (χ1) is 9.35. The number of carbonyl (C=O) groups excluding carboxylic acids is 1. The summed E-state index contributed by atoms with van der Waals surface area (Å²) in [6.45, 7) is 1.44. The third-order valence-electron chi connectivity index (χ3n) is 2.62. The Balaban J connectivity index is 3.17. The van der Waals surface area contributed by atoms with Crippen LogP contribution in [0.15, 0.2) is 23.1 Å². The minimum atomic E-state index is -4.07. The van der Waals surface area contributed by atoms with E-state index in [2.05, 4.69) is 0 Å². The Labute approximate surface area is 117 Å². The van der Waals surface area contributed by atoms with E-state index in [1.165, 1.54) is 40.4 Å². The molecule has 0 radical (unpaired) electrons. The highest BCUT2D eigenvalue weighted by Gasteiger charge is 2.25. The molecule has 0 bridgehead atoms. The molecule has 1 amide bonds. The molecule has 1 atom stereocenters. The van der Waals surface area contributed by atoms with E-state index in [-0.39, 0.29) is 10.6 Å². The monoisotopic (exact) mass is 303 g/mol. The number of hydrogen-bond donors (Lipinski definition) is 1. The largest absolute Gasteiger partial charge is 0.497 e. The molecule has 0 saturated carbocycles. The Morgan fingerprint density at radius 2 is 1.85 bits per heavy atom. The van der Waals surface area contributed by atoms with Crippen molar-refractivity contribution >= 4 is 15.9 Å². The molecule has 0 aliphatic heterocycles. The molecule has 1 aromatic rings. The number of carbonyl (C=O) groups is 1. The number of methoxy groups -OCH3 is 3. The average Bonchev–Trinajstić information content (AvgIpc) is 2.44. The van der Waals surface area contributed by atoms with E-state index >= 15 is 0 Å². The minimum absolute atomic E-state index is 0.108. The summed E-state index contributed by atoms with van der Waals surface area (Å²) in [7, 11) is -0.0257. The van der Waals surface area contributed by atoms with Gasteiger partial charge in [0.25, 0.3) is 15.9 Å². The maximum Gasteiger partial charge on any atom is 0.267 e. The van der Waals surface area contributed by atoms with Gasteiger partial charge in [-0.15, -0.1) is 0 Å². The van der Waals surface area contributed by atoms with Crippen molar-refractivity contribution in [2.24, 2.45) is 0 Å². The predicted octanol–water partition coefficient (Wildman–Crippen LogP) is 0.544. The number of sulfonamides is 1. The van der Waals surface area contributed by atoms with Gasteiger partial charge in [-0.3, -0.25) is 4.79 Å². The third kappa shape index (κ3) is 3.61. The van der Waals surface area contributed by atoms with Crippen LogP contribution in [0.4, 0.5) is 0 Å². The van der Waals surface area contributed by atoms with E-state index in [0.29, 0.717) is 5.75 Å². The highest BCUT2D eigenvalue weighted by molar-refractivity contribution is 7.90. The topological polar surface area (TPSA) is 90.9 Å². The maximum absolute atomic E-state index is 12.2. The Morgan fingerprint density at radius 1 is 1.20 bits per heavy atom. The molecule has 0 aromatic heterocycles. The Morgan fingerprint density at radius 3 is 2.35 bits per heavy atom. The van der Waals surface area contributed by atoms with Crippen molar-refractivity contribution in [2.45, 2.75) is 17.9 Å². The summed E-state index contributed by atoms with van der Waals surface area (Å²) in [5.41, 5.74) is 0. The molecule has 1 rings (SSSR count). The van der Waals surface area contributed by atoms with Gasteiger partial charge in [0.2, 0.25) is 0 Å². The molecule has 0 aliphatic rings. The van der Waals surface area contributed by atoms with Gasteiger partial charge in [-0.2, -0.15) is 0 Å². The van der Waals surface area contributed by atoms with Gasteiger partial charge in [-0.25, -0.2) is 13.1 Å². The fraction of sp³-hybridized carbons (Fsp3) is 0.417. The first-order valence-electron chi connectivity index (χ1n) is 5.67. The summed E-state index contributed by atoms with van der Waals surface area (Å²) in [5, 5.41) is 0. The van der Waals surface area contributed by atoms with E-state index in [0.717, 1.165) is 0 Å². The first kappa shape index (κ1) is 16.3. The van der Waals surface area contributed by atoms with Crippen LogP contribution in [0.25, 0.3) is 0 Å². The Bertz CT molecular complexity index is 584. The molecular formula is C12H17NO6S. The highest BCUT2D eigenvalue weighted by atomic mass is 32.2. The van der Waals surface area contributed by atoms with E-state index in [9.17, 15) is 13.2 Å². The second-order valence-corrected chi connectivity index (χ2v) is 5.52. The average molecular weight is 303 g/mol. The van der Waals surface area contributed by atoms with Crippen LogP contribution in [0, 0.1) is 0 Å². The molecule has 1 aromatic carbocycles. The molecule has 0 aliphatic carbocycles. The van der Waals surface area contributed by atoms with Crippen molar-refractivity contribution in [2.75, 3.05) is 21.3 Å². The molecule has 20 heavy (non-hydrogen) atoms. The van der Waals surface area contributed by atoms with Crippen LogP contribution < -0.4 is 14.2 Å². The number of benzene rings is 1. The van der Waals surface area contributed by atoms with Crippen molar-refractivity contribution in [3.63, 3.8) is 0 Å². The number of hydrogen-bond acceptors (Lipinski definition) is 6. The van der Waals surface area contributed by atoms with Crippen molar-refractivity contribution in [1.29, 1.82) is 0 Å². The van der Waals surface area contributed by atoms with Crippen molar-refractivity contribution in [3.8, 4) is 11.5 Å². The van der Waals surface area contributed by atoms with Gasteiger partial charge in [-0.05, 0) is 19.1 Å². The summed E-state index contributed by atoms with van der Waals surface area (Å²) >= 11 is 0. The zero-order valence-corrected chi connectivity index (χ0v) is 12.5. The fourth-order valence-corrected chi connectivity index (χ4v) is 2.60. The van der Waals surface area contributed by atoms with Crippen molar-refractivity contribution < 1.29 is 27.4 Å². The van der Waals surface area contributed by atoms with Crippen LogP contribution in [0.2, 0.25) is 0 Å². The van der Waals surface area contributed by atoms with Crippen LogP contribution in [0.1, 0.15) is 6.92 Å². The van der Waals surface area contributed by atoms with Crippen LogP contribution in [0.3, 0.4) is 0 Å². The molecule has 0 fully saturated rings. The Hall–Kier alpha value is -1.80. The van der Waals surface area contributed by atoms with E-state index in [1.807, 2.05) is 4.72 Å². The molecule has 8 heteroatoms. The lowest BCUT2D eigenvalue weighted by Crippen LogP contribution is -2.38. The number of ether oxygens (including phenoxy) is 3. The maximum atomic E-state index is 12.2. The first-order valence-corrected chi connectivity index (χ1v) is 7.15. The van der Waals surface area contributed by atoms with Gasteiger partial charge in [-0.1, -0.05) is 0 Å². The van der Waals surface area contributed by atoms with Crippen molar-refractivity contribution in [3.05, 3.63) is 18.2 Å².